The fourth-order valence-electron chi connectivity index (χ4n) is 2.27. The first kappa shape index (κ1) is 17.5. The number of hydrogen-bond donors (Lipinski definition) is 1. The van der Waals surface area contributed by atoms with E-state index in [9.17, 15) is 4.79 Å². The first-order valence-corrected chi connectivity index (χ1v) is 7.86. The maximum absolute atomic E-state index is 11.9. The Morgan fingerprint density at radius 2 is 1.81 bits per heavy atom. The molecule has 1 amide bonds. The lowest BCUT2D eigenvalue weighted by atomic mass is 10.1. The number of carbonyl (C=O) groups excluding carboxylic acids is 1. The number of hydrogen-bond acceptors (Lipinski definition) is 3. The Kier molecular flexibility index (Phi) is 7.83. The van der Waals surface area contributed by atoms with Crippen molar-refractivity contribution in [2.75, 3.05) is 26.2 Å². The first-order chi connectivity index (χ1) is 10.1. The van der Waals surface area contributed by atoms with Crippen molar-refractivity contribution in [3.63, 3.8) is 0 Å². The van der Waals surface area contributed by atoms with Gasteiger partial charge in [-0.05, 0) is 45.4 Å². The lowest BCUT2D eigenvalue weighted by Gasteiger charge is -2.20. The molecule has 1 aromatic carbocycles. The van der Waals surface area contributed by atoms with Crippen LogP contribution in [0.5, 0.6) is 5.75 Å². The highest BCUT2D eigenvalue weighted by Gasteiger charge is 2.10. The van der Waals surface area contributed by atoms with Crippen LogP contribution in [-0.4, -0.2) is 37.0 Å². The fourth-order valence-corrected chi connectivity index (χ4v) is 2.27. The molecular formula is C17H28N2O2. The Balaban J connectivity index is 2.39. The highest BCUT2D eigenvalue weighted by molar-refractivity contribution is 5.76. The Morgan fingerprint density at radius 1 is 1.19 bits per heavy atom. The van der Waals surface area contributed by atoms with Gasteiger partial charge in [0.1, 0.15) is 5.75 Å². The van der Waals surface area contributed by atoms with Crippen molar-refractivity contribution in [1.29, 1.82) is 0 Å². The summed E-state index contributed by atoms with van der Waals surface area (Å²) in [4.78, 5) is 13.8. The molecule has 0 fully saturated rings. The van der Waals surface area contributed by atoms with E-state index < -0.39 is 0 Å². The lowest BCUT2D eigenvalue weighted by molar-refractivity contribution is -0.130. The van der Waals surface area contributed by atoms with E-state index in [0.717, 1.165) is 18.8 Å². The first-order valence-electron chi connectivity index (χ1n) is 7.86. The minimum atomic E-state index is 0.214. The normalized spacial score (nSPS) is 12.0. The second-order valence-electron chi connectivity index (χ2n) is 4.99. The van der Waals surface area contributed by atoms with Crippen LogP contribution in [0.25, 0.3) is 0 Å². The number of nitrogens with zero attached hydrogens (tertiary/aromatic N) is 1. The van der Waals surface area contributed by atoms with Crippen LogP contribution in [0.1, 0.15) is 45.7 Å². The SMILES string of the molecule is CCOc1ccc(C(C)NCCC(=O)N(CC)CC)cc1. The van der Waals surface area contributed by atoms with Gasteiger partial charge in [0.25, 0.3) is 0 Å². The molecule has 1 N–H and O–H groups in total. The molecule has 0 bridgehead atoms. The number of amides is 1. The minimum Gasteiger partial charge on any atom is -0.494 e. The van der Waals surface area contributed by atoms with Crippen LogP contribution in [-0.2, 0) is 4.79 Å². The molecule has 1 unspecified atom stereocenters. The number of benzene rings is 1. The molecule has 4 heteroatoms. The van der Waals surface area contributed by atoms with Crippen molar-refractivity contribution in [2.45, 2.75) is 40.2 Å². The molecule has 21 heavy (non-hydrogen) atoms. The van der Waals surface area contributed by atoms with Gasteiger partial charge in [-0.1, -0.05) is 12.1 Å². The van der Waals surface area contributed by atoms with Crippen molar-refractivity contribution in [3.8, 4) is 5.75 Å². The quantitative estimate of drug-likeness (QED) is 0.761. The van der Waals surface area contributed by atoms with E-state index in [1.165, 1.54) is 5.56 Å². The van der Waals surface area contributed by atoms with Crippen molar-refractivity contribution < 1.29 is 9.53 Å². The Morgan fingerprint density at radius 3 is 2.33 bits per heavy atom. The number of ether oxygens (including phenoxy) is 1. The van der Waals surface area contributed by atoms with Crippen LogP contribution in [0.15, 0.2) is 24.3 Å². The third-order valence-corrected chi connectivity index (χ3v) is 3.60. The molecule has 0 radical (unpaired) electrons. The van der Waals surface area contributed by atoms with Gasteiger partial charge in [-0.25, -0.2) is 0 Å². The zero-order valence-electron chi connectivity index (χ0n) is 13.7. The lowest BCUT2D eigenvalue weighted by Crippen LogP contribution is -2.33. The summed E-state index contributed by atoms with van der Waals surface area (Å²) in [5, 5.41) is 3.40. The van der Waals surface area contributed by atoms with E-state index in [0.29, 0.717) is 19.6 Å². The number of rotatable bonds is 9. The van der Waals surface area contributed by atoms with Gasteiger partial charge in [0.05, 0.1) is 6.61 Å². The Bertz CT molecular complexity index is 413. The largest absolute Gasteiger partial charge is 0.494 e. The number of nitrogens with one attached hydrogen (secondary N) is 1. The summed E-state index contributed by atoms with van der Waals surface area (Å²) in [5.74, 6) is 1.11. The monoisotopic (exact) mass is 292 g/mol. The smallest absolute Gasteiger partial charge is 0.223 e. The minimum absolute atomic E-state index is 0.214. The topological polar surface area (TPSA) is 41.6 Å². The summed E-state index contributed by atoms with van der Waals surface area (Å²) >= 11 is 0. The van der Waals surface area contributed by atoms with Gasteiger partial charge in [0.15, 0.2) is 0 Å². The predicted molar refractivity (Wildman–Crippen MR) is 86.6 cm³/mol. The summed E-state index contributed by atoms with van der Waals surface area (Å²) in [6, 6.07) is 8.32. The molecule has 0 aromatic heterocycles. The van der Waals surface area contributed by atoms with E-state index in [2.05, 4.69) is 24.4 Å². The summed E-state index contributed by atoms with van der Waals surface area (Å²) in [7, 11) is 0. The standard InChI is InChI=1S/C17H28N2O2/c1-5-19(6-2)17(20)12-13-18-14(4)15-8-10-16(11-9-15)21-7-3/h8-11,14,18H,5-7,12-13H2,1-4H3. The summed E-state index contributed by atoms with van der Waals surface area (Å²) in [6.45, 7) is 11.1. The van der Waals surface area contributed by atoms with Gasteiger partial charge in [-0.2, -0.15) is 0 Å². The third kappa shape index (κ3) is 5.76. The zero-order chi connectivity index (χ0) is 15.7. The molecule has 0 saturated carbocycles. The van der Waals surface area contributed by atoms with Gasteiger partial charge in [-0.3, -0.25) is 4.79 Å². The van der Waals surface area contributed by atoms with Crippen LogP contribution >= 0.6 is 0 Å². The molecule has 0 spiro atoms. The van der Waals surface area contributed by atoms with E-state index in [-0.39, 0.29) is 11.9 Å². The Hall–Kier alpha value is -1.55. The average Bonchev–Trinajstić information content (AvgIpc) is 2.49. The second-order valence-corrected chi connectivity index (χ2v) is 4.99. The molecule has 1 aromatic rings. The predicted octanol–water partition coefficient (Wildman–Crippen LogP) is 2.99. The van der Waals surface area contributed by atoms with Crippen LogP contribution in [0.3, 0.4) is 0 Å². The average molecular weight is 292 g/mol. The molecule has 0 aliphatic carbocycles. The van der Waals surface area contributed by atoms with Crippen LogP contribution in [0.4, 0.5) is 0 Å². The van der Waals surface area contributed by atoms with Crippen LogP contribution in [0.2, 0.25) is 0 Å². The zero-order valence-corrected chi connectivity index (χ0v) is 13.7. The third-order valence-electron chi connectivity index (χ3n) is 3.60. The number of carbonyl (C=O) groups is 1. The summed E-state index contributed by atoms with van der Waals surface area (Å²) in [5.41, 5.74) is 1.20. The van der Waals surface area contributed by atoms with Crippen molar-refractivity contribution in [1.82, 2.24) is 10.2 Å². The van der Waals surface area contributed by atoms with Gasteiger partial charge in [0.2, 0.25) is 5.91 Å². The van der Waals surface area contributed by atoms with E-state index >= 15 is 0 Å². The molecule has 118 valence electrons. The fraction of sp³-hybridized carbons (Fsp3) is 0.588. The van der Waals surface area contributed by atoms with Gasteiger partial charge < -0.3 is 15.0 Å². The molecule has 1 atom stereocenters. The molecule has 4 nitrogen and oxygen atoms in total. The van der Waals surface area contributed by atoms with Crippen LogP contribution in [0, 0.1) is 0 Å². The van der Waals surface area contributed by atoms with E-state index in [1.54, 1.807) is 0 Å². The van der Waals surface area contributed by atoms with Crippen molar-refractivity contribution in [2.24, 2.45) is 0 Å². The summed E-state index contributed by atoms with van der Waals surface area (Å²) in [6.07, 6.45) is 0.545. The maximum Gasteiger partial charge on any atom is 0.223 e. The van der Waals surface area contributed by atoms with Crippen molar-refractivity contribution >= 4 is 5.91 Å². The van der Waals surface area contributed by atoms with Gasteiger partial charge in [0, 0.05) is 32.1 Å². The molecule has 0 aliphatic rings. The molecule has 0 heterocycles. The maximum atomic E-state index is 11.9. The molecule has 0 aliphatic heterocycles. The molecular weight excluding hydrogens is 264 g/mol. The second kappa shape index (κ2) is 9.40. The highest BCUT2D eigenvalue weighted by atomic mass is 16.5. The van der Waals surface area contributed by atoms with E-state index in [4.69, 9.17) is 4.74 Å². The highest BCUT2D eigenvalue weighted by Crippen LogP contribution is 2.17. The van der Waals surface area contributed by atoms with Crippen molar-refractivity contribution in [3.05, 3.63) is 29.8 Å². The van der Waals surface area contributed by atoms with Crippen LogP contribution < -0.4 is 10.1 Å². The van der Waals surface area contributed by atoms with Gasteiger partial charge >= 0.3 is 0 Å². The van der Waals surface area contributed by atoms with E-state index in [1.807, 2.05) is 37.8 Å². The van der Waals surface area contributed by atoms with Gasteiger partial charge in [-0.15, -0.1) is 0 Å². The molecule has 1 rings (SSSR count). The Labute approximate surface area is 128 Å². The summed E-state index contributed by atoms with van der Waals surface area (Å²) < 4.78 is 5.43. The molecule has 0 saturated heterocycles.